The number of carbonyl (C=O) groups is 1. The van der Waals surface area contributed by atoms with Gasteiger partial charge in [-0.3, -0.25) is 0 Å². The third-order valence-electron chi connectivity index (χ3n) is 3.77. The zero-order valence-corrected chi connectivity index (χ0v) is 12.4. The van der Waals surface area contributed by atoms with Crippen LogP contribution in [0.3, 0.4) is 0 Å². The van der Waals surface area contributed by atoms with Gasteiger partial charge < -0.3 is 5.11 Å². The van der Waals surface area contributed by atoms with E-state index in [0.717, 1.165) is 6.42 Å². The van der Waals surface area contributed by atoms with Gasteiger partial charge in [0.15, 0.2) is 0 Å². The average molecular weight is 297 g/mol. The lowest BCUT2D eigenvalue weighted by molar-refractivity contribution is 0.0696. The zero-order valence-electron chi connectivity index (χ0n) is 11.6. The summed E-state index contributed by atoms with van der Waals surface area (Å²) >= 11 is 0. The normalized spacial score (nSPS) is 21.9. The Morgan fingerprint density at radius 2 is 2.10 bits per heavy atom. The van der Waals surface area contributed by atoms with Gasteiger partial charge in [0.25, 0.3) is 0 Å². The second kappa shape index (κ2) is 5.54. The molecule has 1 saturated carbocycles. The number of benzene rings is 1. The lowest BCUT2D eigenvalue weighted by Crippen LogP contribution is -2.30. The van der Waals surface area contributed by atoms with Crippen molar-refractivity contribution in [3.8, 4) is 0 Å². The Labute approximate surface area is 119 Å². The first-order valence-corrected chi connectivity index (χ1v) is 8.17. The van der Waals surface area contributed by atoms with Gasteiger partial charge in [-0.2, -0.15) is 0 Å². The molecule has 1 aromatic carbocycles. The molecule has 0 heterocycles. The molecule has 1 aromatic rings. The van der Waals surface area contributed by atoms with E-state index in [-0.39, 0.29) is 11.3 Å². The number of carboxylic acid groups (broad SMARTS) is 1. The van der Waals surface area contributed by atoms with Crippen molar-refractivity contribution in [2.45, 2.75) is 19.1 Å². The SMILES string of the molecule is CC1CC1CN(C)S(=O)(=O)Cc1cccc(C(=O)O)c1. The molecular weight excluding hydrogens is 278 g/mol. The largest absolute Gasteiger partial charge is 0.478 e. The van der Waals surface area contributed by atoms with E-state index in [4.69, 9.17) is 5.11 Å². The maximum absolute atomic E-state index is 12.2. The summed E-state index contributed by atoms with van der Waals surface area (Å²) in [7, 11) is -1.81. The molecule has 1 fully saturated rings. The van der Waals surface area contributed by atoms with Crippen LogP contribution in [-0.2, 0) is 15.8 Å². The summed E-state index contributed by atoms with van der Waals surface area (Å²) in [5.74, 6) is -0.154. The minimum atomic E-state index is -3.39. The number of nitrogens with zero attached hydrogens (tertiary/aromatic N) is 1. The lowest BCUT2D eigenvalue weighted by atomic mass is 10.1. The molecule has 110 valence electrons. The molecule has 6 heteroatoms. The van der Waals surface area contributed by atoms with Gasteiger partial charge >= 0.3 is 5.97 Å². The number of aromatic carboxylic acids is 1. The fourth-order valence-corrected chi connectivity index (χ4v) is 3.45. The Morgan fingerprint density at radius 3 is 2.65 bits per heavy atom. The molecule has 1 aliphatic carbocycles. The predicted molar refractivity (Wildman–Crippen MR) is 75.9 cm³/mol. The van der Waals surface area contributed by atoms with E-state index in [0.29, 0.717) is 23.9 Å². The Bertz CT molecular complexity index is 611. The molecule has 5 nitrogen and oxygen atoms in total. The highest BCUT2D eigenvalue weighted by Crippen LogP contribution is 2.38. The standard InChI is InChI=1S/C14H19NO4S/c1-10-6-13(10)8-15(2)20(18,19)9-11-4-3-5-12(7-11)14(16)17/h3-5,7,10,13H,6,8-9H2,1-2H3,(H,16,17). The second-order valence-corrected chi connectivity index (χ2v) is 7.59. The van der Waals surface area contributed by atoms with Crippen LogP contribution in [0.25, 0.3) is 0 Å². The van der Waals surface area contributed by atoms with Gasteiger partial charge in [-0.15, -0.1) is 0 Å². The molecule has 2 atom stereocenters. The van der Waals surface area contributed by atoms with Crippen molar-refractivity contribution in [3.05, 3.63) is 35.4 Å². The number of rotatable bonds is 6. The van der Waals surface area contributed by atoms with Crippen LogP contribution in [0, 0.1) is 11.8 Å². The highest BCUT2D eigenvalue weighted by Gasteiger charge is 2.35. The fourth-order valence-electron chi connectivity index (χ4n) is 2.21. The molecule has 2 rings (SSSR count). The summed E-state index contributed by atoms with van der Waals surface area (Å²) in [6, 6.07) is 6.07. The van der Waals surface area contributed by atoms with E-state index in [2.05, 4.69) is 6.92 Å². The van der Waals surface area contributed by atoms with E-state index in [1.54, 1.807) is 19.2 Å². The van der Waals surface area contributed by atoms with E-state index in [9.17, 15) is 13.2 Å². The monoisotopic (exact) mass is 297 g/mol. The molecule has 0 spiro atoms. The molecule has 20 heavy (non-hydrogen) atoms. The van der Waals surface area contributed by atoms with E-state index in [1.807, 2.05) is 0 Å². The van der Waals surface area contributed by atoms with Gasteiger partial charge in [0.05, 0.1) is 11.3 Å². The Hall–Kier alpha value is -1.40. The van der Waals surface area contributed by atoms with Gasteiger partial charge in [-0.25, -0.2) is 17.5 Å². The molecule has 1 N–H and O–H groups in total. The summed E-state index contributed by atoms with van der Waals surface area (Å²) in [6.45, 7) is 2.66. The average Bonchev–Trinajstić information content (AvgIpc) is 3.04. The van der Waals surface area contributed by atoms with Crippen molar-refractivity contribution < 1.29 is 18.3 Å². The van der Waals surface area contributed by atoms with Crippen molar-refractivity contribution in [1.82, 2.24) is 4.31 Å². The first kappa shape index (κ1) is 15.0. The van der Waals surface area contributed by atoms with Crippen LogP contribution in [0.15, 0.2) is 24.3 Å². The van der Waals surface area contributed by atoms with Crippen LogP contribution in [0.2, 0.25) is 0 Å². The number of hydrogen-bond acceptors (Lipinski definition) is 3. The third-order valence-corrected chi connectivity index (χ3v) is 5.56. The highest BCUT2D eigenvalue weighted by molar-refractivity contribution is 7.88. The molecule has 0 aromatic heterocycles. The predicted octanol–water partition coefficient (Wildman–Crippen LogP) is 1.80. The molecule has 2 unspecified atom stereocenters. The topological polar surface area (TPSA) is 74.7 Å². The van der Waals surface area contributed by atoms with Crippen LogP contribution in [0.1, 0.15) is 29.3 Å². The Balaban J connectivity index is 2.07. The number of carboxylic acids is 1. The van der Waals surface area contributed by atoms with Gasteiger partial charge in [0, 0.05) is 13.6 Å². The molecule has 0 radical (unpaired) electrons. The first-order chi connectivity index (χ1) is 9.29. The van der Waals surface area contributed by atoms with E-state index in [1.165, 1.54) is 16.4 Å². The summed E-state index contributed by atoms with van der Waals surface area (Å²) in [5, 5.41) is 8.91. The minimum Gasteiger partial charge on any atom is -0.478 e. The number of sulfonamides is 1. The second-order valence-electron chi connectivity index (χ2n) is 5.52. The van der Waals surface area contributed by atoms with Gasteiger partial charge in [-0.05, 0) is 36.0 Å². The Morgan fingerprint density at radius 1 is 1.45 bits per heavy atom. The van der Waals surface area contributed by atoms with Crippen LogP contribution in [-0.4, -0.2) is 37.4 Å². The van der Waals surface area contributed by atoms with Gasteiger partial charge in [0.1, 0.15) is 0 Å². The molecule has 0 aliphatic heterocycles. The highest BCUT2D eigenvalue weighted by atomic mass is 32.2. The van der Waals surface area contributed by atoms with Crippen molar-refractivity contribution in [1.29, 1.82) is 0 Å². The van der Waals surface area contributed by atoms with E-state index < -0.39 is 16.0 Å². The smallest absolute Gasteiger partial charge is 0.335 e. The van der Waals surface area contributed by atoms with E-state index >= 15 is 0 Å². The van der Waals surface area contributed by atoms with Crippen molar-refractivity contribution in [2.24, 2.45) is 11.8 Å². The summed E-state index contributed by atoms with van der Waals surface area (Å²) in [6.07, 6.45) is 1.08. The maximum Gasteiger partial charge on any atom is 0.335 e. The molecular formula is C14H19NO4S. The quantitative estimate of drug-likeness (QED) is 0.869. The summed E-state index contributed by atoms with van der Waals surface area (Å²) in [4.78, 5) is 10.9. The summed E-state index contributed by atoms with van der Waals surface area (Å²) < 4.78 is 25.8. The maximum atomic E-state index is 12.2. The molecule has 1 aliphatic rings. The molecule has 0 bridgehead atoms. The molecule has 0 amide bonds. The lowest BCUT2D eigenvalue weighted by Gasteiger charge is -2.17. The van der Waals surface area contributed by atoms with Crippen molar-refractivity contribution in [3.63, 3.8) is 0 Å². The van der Waals surface area contributed by atoms with Gasteiger partial charge in [-0.1, -0.05) is 19.1 Å². The fraction of sp³-hybridized carbons (Fsp3) is 0.500. The van der Waals surface area contributed by atoms with Crippen LogP contribution in [0.5, 0.6) is 0 Å². The zero-order chi connectivity index (χ0) is 14.9. The van der Waals surface area contributed by atoms with Crippen LogP contribution < -0.4 is 0 Å². The van der Waals surface area contributed by atoms with Gasteiger partial charge in [0.2, 0.25) is 10.0 Å². The van der Waals surface area contributed by atoms with Crippen molar-refractivity contribution in [2.75, 3.05) is 13.6 Å². The van der Waals surface area contributed by atoms with Crippen LogP contribution in [0.4, 0.5) is 0 Å². The minimum absolute atomic E-state index is 0.108. The first-order valence-electron chi connectivity index (χ1n) is 6.56. The third kappa shape index (κ3) is 3.58. The number of hydrogen-bond donors (Lipinski definition) is 1. The van der Waals surface area contributed by atoms with Crippen molar-refractivity contribution >= 4 is 16.0 Å². The Kier molecular flexibility index (Phi) is 4.15. The molecule has 0 saturated heterocycles. The summed E-state index contributed by atoms with van der Waals surface area (Å²) in [5.41, 5.74) is 0.608. The van der Waals surface area contributed by atoms with Crippen LogP contribution >= 0.6 is 0 Å².